The van der Waals surface area contributed by atoms with Gasteiger partial charge in [0.2, 0.25) is 0 Å². The van der Waals surface area contributed by atoms with Gasteiger partial charge in [-0.3, -0.25) is 4.98 Å². The number of aliphatic hydroxyl groups excluding tert-OH is 2. The maximum atomic E-state index is 13.0. The molecule has 242 valence electrons. The van der Waals surface area contributed by atoms with E-state index in [1.807, 2.05) is 0 Å². The highest BCUT2D eigenvalue weighted by Crippen LogP contribution is 2.69. The van der Waals surface area contributed by atoms with Crippen LogP contribution in [0.3, 0.4) is 0 Å². The van der Waals surface area contributed by atoms with Crippen molar-refractivity contribution in [2.45, 2.75) is 103 Å². The second kappa shape index (κ2) is 11.8. The van der Waals surface area contributed by atoms with Crippen molar-refractivity contribution in [3.8, 4) is 0 Å². The molecule has 4 aliphatic carbocycles. The monoisotopic (exact) mass is 625 g/mol. The third-order valence-electron chi connectivity index (χ3n) is 13.2. The molecule has 0 aliphatic heterocycles. The van der Waals surface area contributed by atoms with E-state index >= 15 is 0 Å². The summed E-state index contributed by atoms with van der Waals surface area (Å²) in [6, 6.07) is 7.50. The lowest BCUT2D eigenvalue weighted by atomic mass is 9.41. The zero-order valence-corrected chi connectivity index (χ0v) is 27.5. The number of hydrogen-bond acceptors (Lipinski definition) is 6. The highest BCUT2D eigenvalue weighted by atomic mass is 32.2. The number of nitrogens with zero attached hydrogens (tertiary/aromatic N) is 1. The molecule has 4 fully saturated rings. The van der Waals surface area contributed by atoms with Crippen LogP contribution in [-0.4, -0.2) is 48.4 Å². The standard InChI is InChI=1S/C35H51N3O5S/c1-5-23-28-20-22(39)13-16-35(28,4)27-14-17-34(3)25(11-12-26(34)31(27)32(23)40)21(2)15-19-37-33(41)38-44(42,43)30-10-6-9-29-24(30)8-7-18-36-29/h6-10,18,21-23,25-28,31-32,39-40H,5,11-17,19-20H2,1-4H3,(H2,37,38,41)/t21-,22-,23-,25-,26+,27+,28+,31+,32-,34-,35-/m1/s1. The van der Waals surface area contributed by atoms with E-state index in [2.05, 4.69) is 42.7 Å². The molecule has 0 bridgehead atoms. The number of nitrogens with one attached hydrogen (secondary N) is 2. The fourth-order valence-electron chi connectivity index (χ4n) is 11.1. The predicted molar refractivity (Wildman–Crippen MR) is 171 cm³/mol. The first-order valence-electron chi connectivity index (χ1n) is 16.9. The average Bonchev–Trinajstić information content (AvgIpc) is 3.35. The third-order valence-corrected chi connectivity index (χ3v) is 14.5. The van der Waals surface area contributed by atoms with E-state index in [-0.39, 0.29) is 33.9 Å². The van der Waals surface area contributed by atoms with E-state index < -0.39 is 16.1 Å². The molecule has 2 aromatic rings. The van der Waals surface area contributed by atoms with Crippen LogP contribution in [-0.2, 0) is 10.0 Å². The van der Waals surface area contributed by atoms with E-state index in [1.54, 1.807) is 30.5 Å². The van der Waals surface area contributed by atoms with E-state index in [0.717, 1.165) is 57.8 Å². The van der Waals surface area contributed by atoms with Crippen LogP contribution in [0.15, 0.2) is 41.4 Å². The van der Waals surface area contributed by atoms with Crippen molar-refractivity contribution < 1.29 is 23.4 Å². The maximum absolute atomic E-state index is 13.0. The topological polar surface area (TPSA) is 129 Å². The molecule has 2 amide bonds. The van der Waals surface area contributed by atoms with Crippen LogP contribution in [0.1, 0.15) is 85.5 Å². The second-order valence-electron chi connectivity index (χ2n) is 15.1. The van der Waals surface area contributed by atoms with Crippen molar-refractivity contribution in [2.24, 2.45) is 52.3 Å². The average molecular weight is 626 g/mol. The first-order chi connectivity index (χ1) is 20.9. The molecule has 1 heterocycles. The van der Waals surface area contributed by atoms with Gasteiger partial charge in [0, 0.05) is 18.1 Å². The van der Waals surface area contributed by atoms with Gasteiger partial charge in [0.15, 0.2) is 0 Å². The summed E-state index contributed by atoms with van der Waals surface area (Å²) in [6.45, 7) is 9.81. The molecule has 1 aromatic carbocycles. The van der Waals surface area contributed by atoms with Crippen molar-refractivity contribution in [2.75, 3.05) is 6.54 Å². The maximum Gasteiger partial charge on any atom is 0.328 e. The summed E-state index contributed by atoms with van der Waals surface area (Å²) in [6.07, 6.45) is 10.1. The zero-order chi connectivity index (χ0) is 31.4. The van der Waals surface area contributed by atoms with Gasteiger partial charge in [0.25, 0.3) is 10.0 Å². The highest BCUT2D eigenvalue weighted by molar-refractivity contribution is 7.90. The van der Waals surface area contributed by atoms with Crippen molar-refractivity contribution >= 4 is 27.0 Å². The minimum absolute atomic E-state index is 0.0342. The van der Waals surface area contributed by atoms with Gasteiger partial charge in [0.1, 0.15) is 0 Å². The summed E-state index contributed by atoms with van der Waals surface area (Å²) in [5.74, 6) is 2.81. The lowest BCUT2D eigenvalue weighted by molar-refractivity contribution is -0.203. The van der Waals surface area contributed by atoms with Crippen LogP contribution in [0.4, 0.5) is 4.79 Å². The Morgan fingerprint density at radius 3 is 2.55 bits per heavy atom. The first kappa shape index (κ1) is 31.7. The van der Waals surface area contributed by atoms with Crippen molar-refractivity contribution in [3.05, 3.63) is 36.5 Å². The van der Waals surface area contributed by atoms with Gasteiger partial charge >= 0.3 is 6.03 Å². The van der Waals surface area contributed by atoms with Crippen molar-refractivity contribution in [3.63, 3.8) is 0 Å². The van der Waals surface area contributed by atoms with Crippen LogP contribution in [0.5, 0.6) is 0 Å². The Bertz CT molecular complexity index is 1480. The lowest BCUT2D eigenvalue weighted by Crippen LogP contribution is -2.62. The number of pyridine rings is 1. The van der Waals surface area contributed by atoms with E-state index in [4.69, 9.17) is 0 Å². The zero-order valence-electron chi connectivity index (χ0n) is 26.7. The number of sulfonamides is 1. The minimum Gasteiger partial charge on any atom is -0.393 e. The van der Waals surface area contributed by atoms with Gasteiger partial charge in [-0.2, -0.15) is 0 Å². The number of carbonyl (C=O) groups excluding carboxylic acids is 1. The van der Waals surface area contributed by atoms with Crippen LogP contribution in [0, 0.1) is 52.3 Å². The lowest BCUT2D eigenvalue weighted by Gasteiger charge is -2.64. The molecular weight excluding hydrogens is 574 g/mol. The van der Waals surface area contributed by atoms with Crippen LogP contribution in [0.2, 0.25) is 0 Å². The Morgan fingerprint density at radius 1 is 1.02 bits per heavy atom. The molecule has 9 heteroatoms. The predicted octanol–water partition coefficient (Wildman–Crippen LogP) is 5.88. The van der Waals surface area contributed by atoms with E-state index in [9.17, 15) is 23.4 Å². The summed E-state index contributed by atoms with van der Waals surface area (Å²) in [5, 5.41) is 25.8. The Labute approximate surface area is 262 Å². The van der Waals surface area contributed by atoms with Gasteiger partial charge in [-0.1, -0.05) is 40.2 Å². The largest absolute Gasteiger partial charge is 0.393 e. The quantitative estimate of drug-likeness (QED) is 0.305. The molecule has 6 rings (SSSR count). The molecular formula is C35H51N3O5S. The summed E-state index contributed by atoms with van der Waals surface area (Å²) >= 11 is 0. The number of aromatic nitrogens is 1. The van der Waals surface area contributed by atoms with Gasteiger partial charge in [-0.15, -0.1) is 0 Å². The summed E-state index contributed by atoms with van der Waals surface area (Å²) < 4.78 is 28.3. The SMILES string of the molecule is CC[C@H]1[C@@H](O)[C@@H]2[C@H](CC[C@]3(C)[C@@H]([C@H](C)CCNC(=O)NS(=O)(=O)c4cccc5ncccc45)CC[C@@H]23)[C@@]2(C)CC[C@@H](O)C[C@@H]12. The number of aliphatic hydroxyl groups is 2. The molecule has 4 N–H and O–H groups in total. The fraction of sp³-hybridized carbons (Fsp3) is 0.714. The van der Waals surface area contributed by atoms with Gasteiger partial charge in [-0.25, -0.2) is 17.9 Å². The Balaban J connectivity index is 1.09. The molecule has 11 atom stereocenters. The van der Waals surface area contributed by atoms with E-state index in [0.29, 0.717) is 53.0 Å². The van der Waals surface area contributed by atoms with E-state index in [1.165, 1.54) is 6.07 Å². The van der Waals surface area contributed by atoms with Crippen LogP contribution >= 0.6 is 0 Å². The summed E-state index contributed by atoms with van der Waals surface area (Å²) in [7, 11) is -4.06. The number of hydrogen-bond donors (Lipinski definition) is 4. The molecule has 1 aromatic heterocycles. The third kappa shape index (κ3) is 5.24. The van der Waals surface area contributed by atoms with Gasteiger partial charge < -0.3 is 15.5 Å². The molecule has 0 radical (unpaired) electrons. The van der Waals surface area contributed by atoms with Gasteiger partial charge in [-0.05, 0) is 128 Å². The number of urea groups is 1. The highest BCUT2D eigenvalue weighted by Gasteiger charge is 2.64. The Kier molecular flexibility index (Phi) is 8.55. The number of rotatable bonds is 7. The van der Waals surface area contributed by atoms with Crippen LogP contribution in [0.25, 0.3) is 10.9 Å². The second-order valence-corrected chi connectivity index (χ2v) is 16.7. The van der Waals surface area contributed by atoms with Crippen LogP contribution < -0.4 is 10.0 Å². The molecule has 44 heavy (non-hydrogen) atoms. The number of amides is 2. The first-order valence-corrected chi connectivity index (χ1v) is 18.4. The molecule has 4 saturated carbocycles. The normalized spacial score (nSPS) is 39.1. The summed E-state index contributed by atoms with van der Waals surface area (Å²) in [4.78, 5) is 17.0. The molecule has 8 nitrogen and oxygen atoms in total. The van der Waals surface area contributed by atoms with Crippen molar-refractivity contribution in [1.29, 1.82) is 0 Å². The number of fused-ring (bicyclic) bond motifs is 6. The molecule has 0 spiro atoms. The number of benzene rings is 1. The smallest absolute Gasteiger partial charge is 0.328 e. The Hall–Kier alpha value is -2.23. The Morgan fingerprint density at radius 2 is 1.77 bits per heavy atom. The number of carbonyl (C=O) groups is 1. The molecule has 4 aliphatic rings. The van der Waals surface area contributed by atoms with Crippen molar-refractivity contribution in [1.82, 2.24) is 15.0 Å². The summed E-state index contributed by atoms with van der Waals surface area (Å²) in [5.41, 5.74) is 0.889. The molecule has 0 unspecified atom stereocenters. The van der Waals surface area contributed by atoms with Gasteiger partial charge in [0.05, 0.1) is 22.6 Å². The fourth-order valence-corrected chi connectivity index (χ4v) is 12.2. The minimum atomic E-state index is -4.06. The molecule has 0 saturated heterocycles.